The second kappa shape index (κ2) is 6.75. The zero-order valence-electron chi connectivity index (χ0n) is 10.6. The normalized spacial score (nSPS) is 17.9. The molecule has 100 valence electrons. The minimum Gasteiger partial charge on any atom is -0.383 e. The lowest BCUT2D eigenvalue weighted by atomic mass is 10.3. The minimum absolute atomic E-state index is 0.775. The third-order valence-corrected chi connectivity index (χ3v) is 4.09. The zero-order valence-corrected chi connectivity index (χ0v) is 13.0. The van der Waals surface area contributed by atoms with Crippen molar-refractivity contribution in [1.82, 2.24) is 9.80 Å². The number of likely N-dealkylation sites (N-methyl/N-ethyl adjacent to an activating group) is 1. The molecule has 1 saturated heterocycles. The summed E-state index contributed by atoms with van der Waals surface area (Å²) in [4.78, 5) is 4.86. The molecule has 0 atom stereocenters. The van der Waals surface area contributed by atoms with Crippen molar-refractivity contribution in [3.8, 4) is 0 Å². The van der Waals surface area contributed by atoms with Gasteiger partial charge in [0.2, 0.25) is 0 Å². The van der Waals surface area contributed by atoms with Gasteiger partial charge < -0.3 is 10.2 Å². The van der Waals surface area contributed by atoms with E-state index in [1.165, 1.54) is 0 Å². The Hall–Kier alpha value is -0.290. The third-order valence-electron chi connectivity index (χ3n) is 3.27. The van der Waals surface area contributed by atoms with Gasteiger partial charge in [0.1, 0.15) is 0 Å². The van der Waals surface area contributed by atoms with Crippen LogP contribution in [0.15, 0.2) is 22.7 Å². The number of piperazine rings is 1. The molecule has 0 amide bonds. The maximum Gasteiger partial charge on any atom is 0.0638 e. The highest BCUT2D eigenvalue weighted by molar-refractivity contribution is 9.10. The van der Waals surface area contributed by atoms with Gasteiger partial charge in [0.15, 0.2) is 0 Å². The molecule has 0 unspecified atom stereocenters. The number of benzene rings is 1. The summed E-state index contributed by atoms with van der Waals surface area (Å²) >= 11 is 9.59. The Morgan fingerprint density at radius 2 is 2.00 bits per heavy atom. The maximum atomic E-state index is 6.13. The van der Waals surface area contributed by atoms with Crippen LogP contribution in [0.4, 0.5) is 5.69 Å². The number of nitrogens with zero attached hydrogens (tertiary/aromatic N) is 2. The minimum atomic E-state index is 0.775. The standard InChI is InChI=1S/C13H19BrClN3/c1-17-6-8-18(9-7-17)5-4-16-13-10-11(14)2-3-12(13)15/h2-3,10,16H,4-9H2,1H3. The van der Waals surface area contributed by atoms with E-state index in [-0.39, 0.29) is 0 Å². The second-order valence-electron chi connectivity index (χ2n) is 4.70. The van der Waals surface area contributed by atoms with Crippen LogP contribution in [-0.2, 0) is 0 Å². The number of rotatable bonds is 4. The molecule has 5 heteroatoms. The molecule has 0 radical (unpaired) electrons. The van der Waals surface area contributed by atoms with Crippen LogP contribution in [0.3, 0.4) is 0 Å². The number of hydrogen-bond acceptors (Lipinski definition) is 3. The molecular weight excluding hydrogens is 314 g/mol. The monoisotopic (exact) mass is 331 g/mol. The first-order chi connectivity index (χ1) is 8.65. The maximum absolute atomic E-state index is 6.13. The molecule has 18 heavy (non-hydrogen) atoms. The molecular formula is C13H19BrClN3. The summed E-state index contributed by atoms with van der Waals surface area (Å²) in [5.41, 5.74) is 1.00. The van der Waals surface area contributed by atoms with Gasteiger partial charge in [0.05, 0.1) is 10.7 Å². The van der Waals surface area contributed by atoms with Crippen molar-refractivity contribution in [3.63, 3.8) is 0 Å². The molecule has 0 saturated carbocycles. The lowest BCUT2D eigenvalue weighted by molar-refractivity contribution is 0.158. The Morgan fingerprint density at radius 1 is 1.28 bits per heavy atom. The molecule has 0 aliphatic carbocycles. The van der Waals surface area contributed by atoms with Crippen LogP contribution in [-0.4, -0.2) is 56.1 Å². The summed E-state index contributed by atoms with van der Waals surface area (Å²) in [5.74, 6) is 0. The SMILES string of the molecule is CN1CCN(CCNc2cc(Br)ccc2Cl)CC1. The van der Waals surface area contributed by atoms with Crippen LogP contribution < -0.4 is 5.32 Å². The molecule has 1 aliphatic heterocycles. The van der Waals surface area contributed by atoms with Gasteiger partial charge in [-0.15, -0.1) is 0 Å². The smallest absolute Gasteiger partial charge is 0.0638 e. The van der Waals surface area contributed by atoms with Gasteiger partial charge in [-0.3, -0.25) is 4.90 Å². The van der Waals surface area contributed by atoms with Crippen molar-refractivity contribution in [2.75, 3.05) is 51.6 Å². The van der Waals surface area contributed by atoms with E-state index >= 15 is 0 Å². The topological polar surface area (TPSA) is 18.5 Å². The van der Waals surface area contributed by atoms with Crippen LogP contribution in [0.5, 0.6) is 0 Å². The molecule has 0 spiro atoms. The number of hydrogen-bond donors (Lipinski definition) is 1. The quantitative estimate of drug-likeness (QED) is 0.914. The fourth-order valence-electron chi connectivity index (χ4n) is 2.05. The molecule has 1 aromatic carbocycles. The van der Waals surface area contributed by atoms with Gasteiger partial charge in [0, 0.05) is 43.7 Å². The number of anilines is 1. The highest BCUT2D eigenvalue weighted by Crippen LogP contribution is 2.25. The predicted molar refractivity (Wildman–Crippen MR) is 81.6 cm³/mol. The van der Waals surface area contributed by atoms with Crippen molar-refractivity contribution in [1.29, 1.82) is 0 Å². The summed E-state index contributed by atoms with van der Waals surface area (Å²) in [6, 6.07) is 5.88. The van der Waals surface area contributed by atoms with Gasteiger partial charge in [-0.25, -0.2) is 0 Å². The molecule has 1 aliphatic rings. The predicted octanol–water partition coefficient (Wildman–Crippen LogP) is 2.76. The Morgan fingerprint density at radius 3 is 2.72 bits per heavy atom. The summed E-state index contributed by atoms with van der Waals surface area (Å²) in [6.07, 6.45) is 0. The van der Waals surface area contributed by atoms with E-state index in [9.17, 15) is 0 Å². The Balaban J connectivity index is 1.76. The lowest BCUT2D eigenvalue weighted by Crippen LogP contribution is -2.45. The average Bonchev–Trinajstić information content (AvgIpc) is 2.36. The summed E-state index contributed by atoms with van der Waals surface area (Å²) in [5, 5.41) is 4.17. The average molecular weight is 333 g/mol. The largest absolute Gasteiger partial charge is 0.383 e. The van der Waals surface area contributed by atoms with Crippen molar-refractivity contribution >= 4 is 33.2 Å². The fourth-order valence-corrected chi connectivity index (χ4v) is 2.60. The van der Waals surface area contributed by atoms with Crippen LogP contribution in [0.2, 0.25) is 5.02 Å². The number of nitrogens with one attached hydrogen (secondary N) is 1. The number of halogens is 2. The molecule has 1 aromatic rings. The van der Waals surface area contributed by atoms with Gasteiger partial charge in [0.25, 0.3) is 0 Å². The van der Waals surface area contributed by atoms with Crippen molar-refractivity contribution in [2.24, 2.45) is 0 Å². The second-order valence-corrected chi connectivity index (χ2v) is 6.02. The highest BCUT2D eigenvalue weighted by atomic mass is 79.9. The van der Waals surface area contributed by atoms with Crippen molar-refractivity contribution in [3.05, 3.63) is 27.7 Å². The molecule has 1 heterocycles. The highest BCUT2D eigenvalue weighted by Gasteiger charge is 2.12. The molecule has 0 bridgehead atoms. The lowest BCUT2D eigenvalue weighted by Gasteiger charge is -2.32. The van der Waals surface area contributed by atoms with Crippen molar-refractivity contribution < 1.29 is 0 Å². The van der Waals surface area contributed by atoms with E-state index in [1.54, 1.807) is 0 Å². The first-order valence-electron chi connectivity index (χ1n) is 6.25. The third kappa shape index (κ3) is 4.12. The first-order valence-corrected chi connectivity index (χ1v) is 7.42. The van der Waals surface area contributed by atoms with Crippen LogP contribution >= 0.6 is 27.5 Å². The van der Waals surface area contributed by atoms with Crippen LogP contribution in [0.25, 0.3) is 0 Å². The van der Waals surface area contributed by atoms with E-state index < -0.39 is 0 Å². The van der Waals surface area contributed by atoms with Gasteiger partial charge >= 0.3 is 0 Å². The van der Waals surface area contributed by atoms with Gasteiger partial charge in [-0.2, -0.15) is 0 Å². The fraction of sp³-hybridized carbons (Fsp3) is 0.538. The Kier molecular flexibility index (Phi) is 5.30. The van der Waals surface area contributed by atoms with Gasteiger partial charge in [-0.1, -0.05) is 27.5 Å². The summed E-state index contributed by atoms with van der Waals surface area (Å²) in [6.45, 7) is 6.64. The summed E-state index contributed by atoms with van der Waals surface area (Å²) in [7, 11) is 2.18. The zero-order chi connectivity index (χ0) is 13.0. The Labute approximate surface area is 122 Å². The van der Waals surface area contributed by atoms with E-state index in [1.807, 2.05) is 18.2 Å². The van der Waals surface area contributed by atoms with Crippen LogP contribution in [0.1, 0.15) is 0 Å². The van der Waals surface area contributed by atoms with E-state index in [0.717, 1.165) is 54.5 Å². The first kappa shape index (κ1) is 14.1. The molecule has 3 nitrogen and oxygen atoms in total. The molecule has 0 aromatic heterocycles. The van der Waals surface area contributed by atoms with E-state index in [0.29, 0.717) is 0 Å². The molecule has 1 fully saturated rings. The van der Waals surface area contributed by atoms with Crippen LogP contribution in [0, 0.1) is 0 Å². The van der Waals surface area contributed by atoms with E-state index in [2.05, 4.69) is 38.1 Å². The molecule has 1 N–H and O–H groups in total. The van der Waals surface area contributed by atoms with Gasteiger partial charge in [-0.05, 0) is 25.2 Å². The van der Waals surface area contributed by atoms with E-state index in [4.69, 9.17) is 11.6 Å². The summed E-state index contributed by atoms with van der Waals surface area (Å²) < 4.78 is 1.05. The van der Waals surface area contributed by atoms with Crippen molar-refractivity contribution in [2.45, 2.75) is 0 Å². The Bertz CT molecular complexity index is 392. The molecule has 2 rings (SSSR count).